The van der Waals surface area contributed by atoms with Crippen LogP contribution in [0, 0.1) is 11.8 Å². The fourth-order valence-electron chi connectivity index (χ4n) is 2.58. The van der Waals surface area contributed by atoms with Gasteiger partial charge in [0, 0.05) is 20.2 Å². The van der Waals surface area contributed by atoms with Crippen molar-refractivity contribution in [1.29, 1.82) is 0 Å². The zero-order valence-electron chi connectivity index (χ0n) is 11.2. The van der Waals surface area contributed by atoms with E-state index in [9.17, 15) is 14.7 Å². The van der Waals surface area contributed by atoms with Gasteiger partial charge >= 0.3 is 5.97 Å². The second-order valence-electron chi connectivity index (χ2n) is 4.75. The standard InChI is InChI=1S/C13H23NO4/c1-3-14(8-9-18-2)12(15)10-6-4-5-7-11(10)13(16)17/h10-11H,3-9H2,1-2H3,(H,16,17). The van der Waals surface area contributed by atoms with Crippen molar-refractivity contribution in [3.63, 3.8) is 0 Å². The zero-order valence-corrected chi connectivity index (χ0v) is 11.2. The predicted molar refractivity (Wildman–Crippen MR) is 67.2 cm³/mol. The van der Waals surface area contributed by atoms with E-state index in [1.54, 1.807) is 12.0 Å². The maximum absolute atomic E-state index is 12.4. The van der Waals surface area contributed by atoms with Gasteiger partial charge in [0.1, 0.15) is 0 Å². The molecule has 0 saturated heterocycles. The molecule has 0 aromatic rings. The lowest BCUT2D eigenvalue weighted by Gasteiger charge is -2.32. The van der Waals surface area contributed by atoms with E-state index in [-0.39, 0.29) is 11.8 Å². The van der Waals surface area contributed by atoms with Crippen molar-refractivity contribution in [1.82, 2.24) is 4.90 Å². The normalized spacial score (nSPS) is 23.7. The predicted octanol–water partition coefficient (Wildman–Crippen LogP) is 1.37. The van der Waals surface area contributed by atoms with Crippen LogP contribution in [0.3, 0.4) is 0 Å². The third-order valence-electron chi connectivity index (χ3n) is 3.66. The van der Waals surface area contributed by atoms with Gasteiger partial charge in [-0.15, -0.1) is 0 Å². The summed E-state index contributed by atoms with van der Waals surface area (Å²) >= 11 is 0. The Morgan fingerprint density at radius 1 is 1.28 bits per heavy atom. The molecular weight excluding hydrogens is 234 g/mol. The number of carboxylic acids is 1. The third kappa shape index (κ3) is 3.70. The molecule has 1 N–H and O–H groups in total. The number of aliphatic carboxylic acids is 1. The number of amides is 1. The van der Waals surface area contributed by atoms with Gasteiger partial charge in [0.2, 0.25) is 5.91 Å². The summed E-state index contributed by atoms with van der Waals surface area (Å²) in [6.07, 6.45) is 3.17. The highest BCUT2D eigenvalue weighted by molar-refractivity contribution is 5.85. The van der Waals surface area contributed by atoms with Crippen LogP contribution in [0.1, 0.15) is 32.6 Å². The van der Waals surface area contributed by atoms with E-state index < -0.39 is 11.9 Å². The van der Waals surface area contributed by atoms with E-state index >= 15 is 0 Å². The second kappa shape index (κ2) is 7.36. The Morgan fingerprint density at radius 2 is 1.89 bits per heavy atom. The summed E-state index contributed by atoms with van der Waals surface area (Å²) in [5.74, 6) is -1.73. The average Bonchev–Trinajstić information content (AvgIpc) is 2.39. The molecule has 5 heteroatoms. The topological polar surface area (TPSA) is 66.8 Å². The summed E-state index contributed by atoms with van der Waals surface area (Å²) in [6, 6.07) is 0. The molecule has 0 radical (unpaired) electrons. The molecule has 1 aliphatic carbocycles. The van der Waals surface area contributed by atoms with Gasteiger partial charge < -0.3 is 14.7 Å². The Kier molecular flexibility index (Phi) is 6.12. The summed E-state index contributed by atoms with van der Waals surface area (Å²) in [5.41, 5.74) is 0. The van der Waals surface area contributed by atoms with Crippen molar-refractivity contribution in [3.05, 3.63) is 0 Å². The number of rotatable bonds is 6. The van der Waals surface area contributed by atoms with Gasteiger partial charge in [0.15, 0.2) is 0 Å². The van der Waals surface area contributed by atoms with Crippen LogP contribution in [0.5, 0.6) is 0 Å². The SMILES string of the molecule is CCN(CCOC)C(=O)C1CCCCC1C(=O)O. The summed E-state index contributed by atoms with van der Waals surface area (Å²) < 4.78 is 4.98. The first-order valence-electron chi connectivity index (χ1n) is 6.62. The molecule has 0 bridgehead atoms. The Labute approximate surface area is 108 Å². The monoisotopic (exact) mass is 257 g/mol. The summed E-state index contributed by atoms with van der Waals surface area (Å²) in [6.45, 7) is 3.54. The maximum Gasteiger partial charge on any atom is 0.307 e. The number of hydrogen-bond acceptors (Lipinski definition) is 3. The largest absolute Gasteiger partial charge is 0.481 e. The minimum absolute atomic E-state index is 0.0262. The fraction of sp³-hybridized carbons (Fsp3) is 0.846. The highest BCUT2D eigenvalue weighted by Gasteiger charge is 2.37. The van der Waals surface area contributed by atoms with E-state index in [4.69, 9.17) is 4.74 Å². The summed E-state index contributed by atoms with van der Waals surface area (Å²) in [7, 11) is 1.60. The molecule has 1 fully saturated rings. The Balaban J connectivity index is 2.68. The number of nitrogens with zero attached hydrogens (tertiary/aromatic N) is 1. The molecule has 2 atom stereocenters. The fourth-order valence-corrected chi connectivity index (χ4v) is 2.58. The zero-order chi connectivity index (χ0) is 13.5. The molecule has 0 aromatic heterocycles. The molecule has 104 valence electrons. The lowest BCUT2D eigenvalue weighted by atomic mass is 9.78. The number of methoxy groups -OCH3 is 1. The van der Waals surface area contributed by atoms with Crippen LogP contribution in [0.25, 0.3) is 0 Å². The van der Waals surface area contributed by atoms with Gasteiger partial charge in [-0.05, 0) is 19.8 Å². The van der Waals surface area contributed by atoms with Crippen molar-refractivity contribution < 1.29 is 19.4 Å². The van der Waals surface area contributed by atoms with Gasteiger partial charge in [-0.25, -0.2) is 0 Å². The molecule has 1 aliphatic rings. The number of carboxylic acid groups (broad SMARTS) is 1. The Bertz CT molecular complexity index is 293. The first-order chi connectivity index (χ1) is 8.61. The molecule has 0 aliphatic heterocycles. The Hall–Kier alpha value is -1.10. The summed E-state index contributed by atoms with van der Waals surface area (Å²) in [5, 5.41) is 9.19. The third-order valence-corrected chi connectivity index (χ3v) is 3.66. The highest BCUT2D eigenvalue weighted by Crippen LogP contribution is 2.31. The molecule has 1 amide bonds. The van der Waals surface area contributed by atoms with Gasteiger partial charge in [0.05, 0.1) is 18.4 Å². The van der Waals surface area contributed by atoms with Crippen molar-refractivity contribution >= 4 is 11.9 Å². The second-order valence-corrected chi connectivity index (χ2v) is 4.75. The highest BCUT2D eigenvalue weighted by atomic mass is 16.5. The first-order valence-corrected chi connectivity index (χ1v) is 6.62. The van der Waals surface area contributed by atoms with E-state index in [1.165, 1.54) is 0 Å². The molecule has 0 aromatic carbocycles. The van der Waals surface area contributed by atoms with Gasteiger partial charge in [-0.2, -0.15) is 0 Å². The molecule has 0 heterocycles. The molecular formula is C13H23NO4. The maximum atomic E-state index is 12.4. The van der Waals surface area contributed by atoms with Gasteiger partial charge in [0.25, 0.3) is 0 Å². The smallest absolute Gasteiger partial charge is 0.307 e. The van der Waals surface area contributed by atoms with Crippen LogP contribution in [0.15, 0.2) is 0 Å². The summed E-state index contributed by atoms with van der Waals surface area (Å²) in [4.78, 5) is 25.3. The number of carbonyl (C=O) groups is 2. The number of hydrogen-bond donors (Lipinski definition) is 1. The van der Waals surface area contributed by atoms with Crippen molar-refractivity contribution in [2.24, 2.45) is 11.8 Å². The first kappa shape index (κ1) is 15.0. The van der Waals surface area contributed by atoms with Crippen LogP contribution >= 0.6 is 0 Å². The van der Waals surface area contributed by atoms with Gasteiger partial charge in [-0.3, -0.25) is 9.59 Å². The molecule has 0 spiro atoms. The van der Waals surface area contributed by atoms with Crippen molar-refractivity contribution in [2.75, 3.05) is 26.8 Å². The van der Waals surface area contributed by atoms with Crippen LogP contribution in [-0.4, -0.2) is 48.7 Å². The number of ether oxygens (including phenoxy) is 1. The van der Waals surface area contributed by atoms with Crippen molar-refractivity contribution in [3.8, 4) is 0 Å². The number of likely N-dealkylation sites (N-methyl/N-ethyl adjacent to an activating group) is 1. The minimum atomic E-state index is -0.837. The molecule has 1 rings (SSSR count). The minimum Gasteiger partial charge on any atom is -0.481 e. The van der Waals surface area contributed by atoms with Crippen LogP contribution in [0.4, 0.5) is 0 Å². The molecule has 2 unspecified atom stereocenters. The van der Waals surface area contributed by atoms with E-state index in [0.29, 0.717) is 32.5 Å². The quantitative estimate of drug-likeness (QED) is 0.780. The van der Waals surface area contributed by atoms with Crippen LogP contribution in [-0.2, 0) is 14.3 Å². The lowest BCUT2D eigenvalue weighted by Crippen LogP contribution is -2.43. The lowest BCUT2D eigenvalue weighted by molar-refractivity contribution is -0.152. The van der Waals surface area contributed by atoms with Crippen molar-refractivity contribution in [2.45, 2.75) is 32.6 Å². The average molecular weight is 257 g/mol. The molecule has 5 nitrogen and oxygen atoms in total. The Morgan fingerprint density at radius 3 is 2.39 bits per heavy atom. The van der Waals surface area contributed by atoms with E-state index in [1.807, 2.05) is 6.92 Å². The van der Waals surface area contributed by atoms with E-state index in [0.717, 1.165) is 12.8 Å². The molecule has 1 saturated carbocycles. The number of carbonyl (C=O) groups excluding carboxylic acids is 1. The van der Waals surface area contributed by atoms with Crippen LogP contribution < -0.4 is 0 Å². The van der Waals surface area contributed by atoms with Gasteiger partial charge in [-0.1, -0.05) is 12.8 Å². The van der Waals surface area contributed by atoms with E-state index in [2.05, 4.69) is 0 Å². The molecule has 18 heavy (non-hydrogen) atoms. The van der Waals surface area contributed by atoms with Crippen LogP contribution in [0.2, 0.25) is 0 Å².